The van der Waals surface area contributed by atoms with Crippen LogP contribution < -0.4 is 14.4 Å². The summed E-state index contributed by atoms with van der Waals surface area (Å²) >= 11 is 0. The summed E-state index contributed by atoms with van der Waals surface area (Å²) < 4.78 is 12.0. The molecule has 1 saturated carbocycles. The Hall–Kier alpha value is -2.83. The molecule has 0 radical (unpaired) electrons. The summed E-state index contributed by atoms with van der Waals surface area (Å²) in [5.41, 5.74) is 4.89. The van der Waals surface area contributed by atoms with E-state index in [1.54, 1.807) is 7.11 Å². The topological polar surface area (TPSA) is 41.1 Å². The Morgan fingerprint density at radius 3 is 2.58 bits per heavy atom. The Morgan fingerprint density at radius 1 is 0.972 bits per heavy atom. The molecule has 3 aromatic rings. The Kier molecular flexibility index (Phi) is 6.97. The second kappa shape index (κ2) is 10.7. The number of anilines is 1. The van der Waals surface area contributed by atoms with E-state index in [0.717, 1.165) is 56.3 Å². The van der Waals surface area contributed by atoms with Crippen LogP contribution in [0, 0.1) is 0 Å². The normalized spacial score (nSPS) is 20.1. The van der Waals surface area contributed by atoms with E-state index in [-0.39, 0.29) is 0 Å². The van der Waals surface area contributed by atoms with Gasteiger partial charge in [0, 0.05) is 62.5 Å². The standard InChI is InChI=1S/C30H38N4O2/c1-35-28-13-7-6-12-27(28)33-17-15-32(16-18-33)20-23-19-24-21-34(25-9-4-2-3-5-10-25)22-36-30(24)29-26(23)11-8-14-31-29/h6-8,11-14,19,25H,2-5,9-10,15-18,20-22H2,1H3. The minimum absolute atomic E-state index is 0.645. The zero-order chi connectivity index (χ0) is 24.3. The van der Waals surface area contributed by atoms with E-state index < -0.39 is 0 Å². The van der Waals surface area contributed by atoms with Crippen molar-refractivity contribution in [2.24, 2.45) is 0 Å². The molecule has 6 heteroatoms. The van der Waals surface area contributed by atoms with Gasteiger partial charge in [-0.15, -0.1) is 0 Å². The third-order valence-electron chi connectivity index (χ3n) is 8.29. The summed E-state index contributed by atoms with van der Waals surface area (Å²) in [6.45, 7) is 6.66. The Bertz CT molecular complexity index is 1180. The molecule has 1 aromatic heterocycles. The van der Waals surface area contributed by atoms with Gasteiger partial charge in [-0.25, -0.2) is 0 Å². The number of methoxy groups -OCH3 is 1. The van der Waals surface area contributed by atoms with Gasteiger partial charge in [-0.2, -0.15) is 0 Å². The van der Waals surface area contributed by atoms with Gasteiger partial charge >= 0.3 is 0 Å². The zero-order valence-electron chi connectivity index (χ0n) is 21.5. The molecule has 6 rings (SSSR count). The average Bonchev–Trinajstić information content (AvgIpc) is 3.23. The molecule has 0 unspecified atom stereocenters. The van der Waals surface area contributed by atoms with E-state index in [1.807, 2.05) is 18.3 Å². The summed E-state index contributed by atoms with van der Waals surface area (Å²) in [7, 11) is 1.75. The van der Waals surface area contributed by atoms with Crippen LogP contribution >= 0.6 is 0 Å². The van der Waals surface area contributed by atoms with Crippen LogP contribution in [0.3, 0.4) is 0 Å². The first-order valence-electron chi connectivity index (χ1n) is 13.7. The Balaban J connectivity index is 1.20. The molecule has 0 bridgehead atoms. The molecule has 2 aromatic carbocycles. The SMILES string of the molecule is COc1ccccc1N1CCN(Cc2cc3c(c4ncccc24)OCN(C2CCCCCC2)C3)CC1. The predicted octanol–water partition coefficient (Wildman–Crippen LogP) is 5.44. The smallest absolute Gasteiger partial charge is 0.152 e. The van der Waals surface area contributed by atoms with Crippen LogP contribution in [0.2, 0.25) is 0 Å². The molecule has 0 amide bonds. The highest BCUT2D eigenvalue weighted by molar-refractivity contribution is 5.89. The number of hydrogen-bond acceptors (Lipinski definition) is 6. The molecule has 36 heavy (non-hydrogen) atoms. The van der Waals surface area contributed by atoms with Gasteiger partial charge in [0.15, 0.2) is 5.75 Å². The van der Waals surface area contributed by atoms with Gasteiger partial charge in [0.05, 0.1) is 12.8 Å². The monoisotopic (exact) mass is 486 g/mol. The number of aromatic nitrogens is 1. The summed E-state index contributed by atoms with van der Waals surface area (Å²) in [6, 6.07) is 15.7. The number of ether oxygens (including phenoxy) is 2. The van der Waals surface area contributed by atoms with Crippen LogP contribution in [0.4, 0.5) is 5.69 Å². The zero-order valence-corrected chi connectivity index (χ0v) is 21.5. The average molecular weight is 487 g/mol. The first-order valence-corrected chi connectivity index (χ1v) is 13.7. The second-order valence-electron chi connectivity index (χ2n) is 10.5. The van der Waals surface area contributed by atoms with E-state index in [9.17, 15) is 0 Å². The minimum Gasteiger partial charge on any atom is -0.495 e. The van der Waals surface area contributed by atoms with Gasteiger partial charge in [0.25, 0.3) is 0 Å². The molecular formula is C30H38N4O2. The van der Waals surface area contributed by atoms with E-state index in [1.165, 1.54) is 60.7 Å². The third kappa shape index (κ3) is 4.76. The number of para-hydroxylation sites is 2. The number of rotatable bonds is 5. The molecule has 1 saturated heterocycles. The highest BCUT2D eigenvalue weighted by Gasteiger charge is 2.28. The largest absolute Gasteiger partial charge is 0.495 e. The van der Waals surface area contributed by atoms with Gasteiger partial charge < -0.3 is 14.4 Å². The van der Waals surface area contributed by atoms with Crippen LogP contribution in [0.5, 0.6) is 11.5 Å². The summed E-state index contributed by atoms with van der Waals surface area (Å²) in [5, 5.41) is 1.23. The lowest BCUT2D eigenvalue weighted by atomic mass is 9.99. The van der Waals surface area contributed by atoms with Crippen LogP contribution in [0.1, 0.15) is 49.7 Å². The van der Waals surface area contributed by atoms with Crippen molar-refractivity contribution in [3.63, 3.8) is 0 Å². The fourth-order valence-electron chi connectivity index (χ4n) is 6.31. The van der Waals surface area contributed by atoms with E-state index >= 15 is 0 Å². The van der Waals surface area contributed by atoms with Crippen molar-refractivity contribution < 1.29 is 9.47 Å². The third-order valence-corrected chi connectivity index (χ3v) is 8.29. The van der Waals surface area contributed by atoms with Crippen LogP contribution in [-0.2, 0) is 13.1 Å². The molecule has 0 atom stereocenters. The minimum atomic E-state index is 0.645. The van der Waals surface area contributed by atoms with Crippen molar-refractivity contribution in [1.82, 2.24) is 14.8 Å². The Labute approximate surface area is 214 Å². The quantitative estimate of drug-likeness (QED) is 0.447. The number of benzene rings is 2. The molecule has 0 spiro atoms. The summed E-state index contributed by atoms with van der Waals surface area (Å²) in [5.74, 6) is 1.95. The molecule has 190 valence electrons. The van der Waals surface area contributed by atoms with Gasteiger partial charge in [0.1, 0.15) is 18.0 Å². The first-order chi connectivity index (χ1) is 17.8. The molecule has 3 heterocycles. The van der Waals surface area contributed by atoms with Crippen molar-refractivity contribution in [3.05, 3.63) is 59.8 Å². The fraction of sp³-hybridized carbons (Fsp3) is 0.500. The lowest BCUT2D eigenvalue weighted by molar-refractivity contribution is 0.0503. The maximum Gasteiger partial charge on any atom is 0.152 e. The molecule has 6 nitrogen and oxygen atoms in total. The van der Waals surface area contributed by atoms with E-state index in [4.69, 9.17) is 14.5 Å². The number of hydrogen-bond donors (Lipinski definition) is 0. The summed E-state index contributed by atoms with van der Waals surface area (Å²) in [6.07, 6.45) is 9.95. The van der Waals surface area contributed by atoms with Gasteiger partial charge in [0.2, 0.25) is 0 Å². The lowest BCUT2D eigenvalue weighted by Gasteiger charge is -2.37. The predicted molar refractivity (Wildman–Crippen MR) is 145 cm³/mol. The van der Waals surface area contributed by atoms with Crippen LogP contribution in [0.25, 0.3) is 10.9 Å². The lowest BCUT2D eigenvalue weighted by Crippen LogP contribution is -2.46. The van der Waals surface area contributed by atoms with E-state index in [2.05, 4.69) is 45.0 Å². The van der Waals surface area contributed by atoms with Gasteiger partial charge in [-0.1, -0.05) is 43.9 Å². The van der Waals surface area contributed by atoms with Crippen LogP contribution in [0.15, 0.2) is 48.7 Å². The van der Waals surface area contributed by atoms with E-state index in [0.29, 0.717) is 12.8 Å². The Morgan fingerprint density at radius 2 is 1.78 bits per heavy atom. The second-order valence-corrected chi connectivity index (χ2v) is 10.5. The molecule has 2 fully saturated rings. The molecule has 0 N–H and O–H groups in total. The highest BCUT2D eigenvalue weighted by atomic mass is 16.5. The molecular weight excluding hydrogens is 448 g/mol. The number of pyridine rings is 1. The van der Waals surface area contributed by atoms with Crippen molar-refractivity contribution in [2.75, 3.05) is 44.9 Å². The van der Waals surface area contributed by atoms with Crippen molar-refractivity contribution in [1.29, 1.82) is 0 Å². The molecule has 3 aliphatic rings. The van der Waals surface area contributed by atoms with Gasteiger partial charge in [-0.05, 0) is 42.7 Å². The van der Waals surface area contributed by atoms with Gasteiger partial charge in [-0.3, -0.25) is 14.8 Å². The number of fused-ring (bicyclic) bond motifs is 3. The maximum absolute atomic E-state index is 6.40. The van der Waals surface area contributed by atoms with Crippen molar-refractivity contribution >= 4 is 16.6 Å². The van der Waals surface area contributed by atoms with Crippen molar-refractivity contribution in [2.45, 2.75) is 57.7 Å². The van der Waals surface area contributed by atoms with Crippen LogP contribution in [-0.4, -0.2) is 60.8 Å². The number of nitrogens with zero attached hydrogens (tertiary/aromatic N) is 4. The maximum atomic E-state index is 6.40. The fourth-order valence-corrected chi connectivity index (χ4v) is 6.31. The van der Waals surface area contributed by atoms with Crippen molar-refractivity contribution in [3.8, 4) is 11.5 Å². The highest BCUT2D eigenvalue weighted by Crippen LogP contribution is 2.37. The molecule has 1 aliphatic carbocycles. The molecule has 2 aliphatic heterocycles. The summed E-state index contributed by atoms with van der Waals surface area (Å²) in [4.78, 5) is 12.4. The first kappa shape index (κ1) is 23.6. The number of piperazine rings is 1.